The molecule has 0 heterocycles. The Balaban J connectivity index is 2.52. The van der Waals surface area contributed by atoms with Crippen molar-refractivity contribution in [2.24, 2.45) is 11.8 Å². The maximum Gasteiger partial charge on any atom is 0.0589 e. The Kier molecular flexibility index (Phi) is 10.3. The van der Waals surface area contributed by atoms with Crippen molar-refractivity contribution in [3.63, 3.8) is 0 Å². The lowest BCUT2D eigenvalue weighted by molar-refractivity contribution is 0.0846. The molecule has 0 aromatic carbocycles. The van der Waals surface area contributed by atoms with Crippen LogP contribution in [0.25, 0.3) is 0 Å². The van der Waals surface area contributed by atoms with Gasteiger partial charge in [-0.25, -0.2) is 0 Å². The SMILES string of the molecule is CCCNC1CCC(C)CC1CN(CCOC)CCOC. The summed E-state index contributed by atoms with van der Waals surface area (Å²) in [6, 6.07) is 0.689. The summed E-state index contributed by atoms with van der Waals surface area (Å²) < 4.78 is 10.5. The predicted molar refractivity (Wildman–Crippen MR) is 88.8 cm³/mol. The van der Waals surface area contributed by atoms with Crippen molar-refractivity contribution in [2.75, 3.05) is 53.6 Å². The first-order chi connectivity index (χ1) is 10.2. The van der Waals surface area contributed by atoms with E-state index in [0.29, 0.717) is 6.04 Å². The highest BCUT2D eigenvalue weighted by Gasteiger charge is 2.29. The zero-order valence-corrected chi connectivity index (χ0v) is 14.6. The molecule has 1 fully saturated rings. The van der Waals surface area contributed by atoms with E-state index in [4.69, 9.17) is 9.47 Å². The van der Waals surface area contributed by atoms with Crippen molar-refractivity contribution in [1.82, 2.24) is 10.2 Å². The minimum absolute atomic E-state index is 0.689. The van der Waals surface area contributed by atoms with Gasteiger partial charge in [-0.3, -0.25) is 4.90 Å². The molecule has 0 bridgehead atoms. The van der Waals surface area contributed by atoms with Crippen LogP contribution in [0.2, 0.25) is 0 Å². The molecule has 1 saturated carbocycles. The molecule has 1 N–H and O–H groups in total. The molecule has 1 rings (SSSR count). The highest BCUT2D eigenvalue weighted by Crippen LogP contribution is 2.29. The molecule has 21 heavy (non-hydrogen) atoms. The number of ether oxygens (including phenoxy) is 2. The fourth-order valence-corrected chi connectivity index (χ4v) is 3.37. The summed E-state index contributed by atoms with van der Waals surface area (Å²) in [4.78, 5) is 2.51. The first-order valence-corrected chi connectivity index (χ1v) is 8.64. The second-order valence-electron chi connectivity index (χ2n) is 6.53. The maximum absolute atomic E-state index is 5.26. The Hall–Kier alpha value is -0.160. The topological polar surface area (TPSA) is 33.7 Å². The lowest BCUT2D eigenvalue weighted by atomic mass is 9.78. The Bertz CT molecular complexity index is 241. The van der Waals surface area contributed by atoms with Crippen LogP contribution in [0.4, 0.5) is 0 Å². The summed E-state index contributed by atoms with van der Waals surface area (Å²) in [7, 11) is 3.56. The average Bonchev–Trinajstić information content (AvgIpc) is 2.49. The number of nitrogens with zero attached hydrogens (tertiary/aromatic N) is 1. The van der Waals surface area contributed by atoms with E-state index in [1.165, 1.54) is 32.2 Å². The van der Waals surface area contributed by atoms with E-state index in [1.807, 2.05) is 0 Å². The molecular formula is C17H36N2O2. The summed E-state index contributed by atoms with van der Waals surface area (Å²) in [5.74, 6) is 1.62. The van der Waals surface area contributed by atoms with Gasteiger partial charge in [-0.2, -0.15) is 0 Å². The number of nitrogens with one attached hydrogen (secondary N) is 1. The van der Waals surface area contributed by atoms with Crippen LogP contribution in [-0.2, 0) is 9.47 Å². The molecule has 0 amide bonds. The van der Waals surface area contributed by atoms with Gasteiger partial charge in [0.25, 0.3) is 0 Å². The zero-order valence-electron chi connectivity index (χ0n) is 14.6. The summed E-state index contributed by atoms with van der Waals surface area (Å²) >= 11 is 0. The van der Waals surface area contributed by atoms with Gasteiger partial charge in [-0.1, -0.05) is 13.8 Å². The number of hydrogen-bond acceptors (Lipinski definition) is 4. The summed E-state index contributed by atoms with van der Waals surface area (Å²) in [6.07, 6.45) is 5.26. The van der Waals surface area contributed by atoms with E-state index in [0.717, 1.165) is 44.7 Å². The molecule has 1 aliphatic carbocycles. The molecule has 0 aromatic heterocycles. The van der Waals surface area contributed by atoms with Crippen LogP contribution in [0.3, 0.4) is 0 Å². The number of hydrogen-bond donors (Lipinski definition) is 1. The van der Waals surface area contributed by atoms with E-state index in [2.05, 4.69) is 24.1 Å². The van der Waals surface area contributed by atoms with Crippen molar-refractivity contribution < 1.29 is 9.47 Å². The third-order valence-corrected chi connectivity index (χ3v) is 4.62. The van der Waals surface area contributed by atoms with Crippen molar-refractivity contribution in [1.29, 1.82) is 0 Å². The van der Waals surface area contributed by atoms with Crippen LogP contribution in [0.5, 0.6) is 0 Å². The van der Waals surface area contributed by atoms with Gasteiger partial charge in [0.15, 0.2) is 0 Å². The highest BCUT2D eigenvalue weighted by molar-refractivity contribution is 4.85. The third kappa shape index (κ3) is 7.59. The van der Waals surface area contributed by atoms with Crippen LogP contribution < -0.4 is 5.32 Å². The van der Waals surface area contributed by atoms with Crippen molar-refractivity contribution >= 4 is 0 Å². The van der Waals surface area contributed by atoms with Crippen molar-refractivity contribution in [3.8, 4) is 0 Å². The minimum atomic E-state index is 0.689. The minimum Gasteiger partial charge on any atom is -0.383 e. The fourth-order valence-electron chi connectivity index (χ4n) is 3.37. The molecule has 0 aromatic rings. The van der Waals surface area contributed by atoms with Crippen LogP contribution in [0, 0.1) is 11.8 Å². The van der Waals surface area contributed by atoms with Crippen LogP contribution in [-0.4, -0.2) is 64.6 Å². The van der Waals surface area contributed by atoms with Gasteiger partial charge in [-0.05, 0) is 44.1 Å². The first kappa shape index (κ1) is 18.9. The Morgan fingerprint density at radius 1 is 1.10 bits per heavy atom. The summed E-state index contributed by atoms with van der Waals surface area (Å²) in [6.45, 7) is 10.6. The molecule has 3 unspecified atom stereocenters. The zero-order chi connectivity index (χ0) is 15.5. The van der Waals surface area contributed by atoms with Gasteiger partial charge >= 0.3 is 0 Å². The molecule has 0 saturated heterocycles. The smallest absolute Gasteiger partial charge is 0.0589 e. The quantitative estimate of drug-likeness (QED) is 0.635. The van der Waals surface area contributed by atoms with E-state index >= 15 is 0 Å². The van der Waals surface area contributed by atoms with Crippen molar-refractivity contribution in [2.45, 2.75) is 45.6 Å². The highest BCUT2D eigenvalue weighted by atomic mass is 16.5. The molecule has 0 spiro atoms. The van der Waals surface area contributed by atoms with E-state index in [1.54, 1.807) is 14.2 Å². The van der Waals surface area contributed by atoms with Gasteiger partial charge < -0.3 is 14.8 Å². The van der Waals surface area contributed by atoms with Crippen LogP contribution in [0.1, 0.15) is 39.5 Å². The summed E-state index contributed by atoms with van der Waals surface area (Å²) in [5.41, 5.74) is 0. The lowest BCUT2D eigenvalue weighted by Crippen LogP contribution is -2.47. The molecule has 126 valence electrons. The predicted octanol–water partition coefficient (Wildman–Crippen LogP) is 2.39. The van der Waals surface area contributed by atoms with Crippen LogP contribution in [0.15, 0.2) is 0 Å². The van der Waals surface area contributed by atoms with Gasteiger partial charge in [0, 0.05) is 39.9 Å². The van der Waals surface area contributed by atoms with E-state index in [9.17, 15) is 0 Å². The van der Waals surface area contributed by atoms with E-state index < -0.39 is 0 Å². The van der Waals surface area contributed by atoms with Crippen LogP contribution >= 0.6 is 0 Å². The van der Waals surface area contributed by atoms with Gasteiger partial charge in [0.1, 0.15) is 0 Å². The van der Waals surface area contributed by atoms with Crippen molar-refractivity contribution in [3.05, 3.63) is 0 Å². The normalized spacial score (nSPS) is 26.4. The molecular weight excluding hydrogens is 264 g/mol. The van der Waals surface area contributed by atoms with E-state index in [-0.39, 0.29) is 0 Å². The lowest BCUT2D eigenvalue weighted by Gasteiger charge is -2.38. The third-order valence-electron chi connectivity index (χ3n) is 4.62. The Morgan fingerprint density at radius 3 is 2.33 bits per heavy atom. The van der Waals surface area contributed by atoms with Gasteiger partial charge in [0.2, 0.25) is 0 Å². The van der Waals surface area contributed by atoms with Gasteiger partial charge in [-0.15, -0.1) is 0 Å². The maximum atomic E-state index is 5.26. The summed E-state index contributed by atoms with van der Waals surface area (Å²) in [5, 5.41) is 3.77. The fraction of sp³-hybridized carbons (Fsp3) is 1.00. The second kappa shape index (κ2) is 11.4. The Morgan fingerprint density at radius 2 is 1.76 bits per heavy atom. The number of rotatable bonds is 11. The number of methoxy groups -OCH3 is 2. The second-order valence-corrected chi connectivity index (χ2v) is 6.53. The molecule has 3 atom stereocenters. The average molecular weight is 300 g/mol. The molecule has 4 heteroatoms. The first-order valence-electron chi connectivity index (χ1n) is 8.64. The monoisotopic (exact) mass is 300 g/mol. The molecule has 4 nitrogen and oxygen atoms in total. The van der Waals surface area contributed by atoms with Gasteiger partial charge in [0.05, 0.1) is 13.2 Å². The molecule has 1 aliphatic rings. The molecule has 0 aliphatic heterocycles. The largest absolute Gasteiger partial charge is 0.383 e. The Labute approximate surface area is 131 Å². The standard InChI is InChI=1S/C17H36N2O2/c1-5-8-18-17-7-6-15(2)13-16(17)14-19(9-11-20-3)10-12-21-4/h15-18H,5-14H2,1-4H3. The molecule has 0 radical (unpaired) electrons.